The molecule has 0 amide bonds. The lowest BCUT2D eigenvalue weighted by molar-refractivity contribution is 0.293. The van der Waals surface area contributed by atoms with E-state index in [2.05, 4.69) is 10.2 Å². The number of nitrogens with two attached hydrogens (primary N) is 2. The lowest BCUT2D eigenvalue weighted by Crippen LogP contribution is -2.00. The van der Waals surface area contributed by atoms with Crippen molar-refractivity contribution >= 4 is 11.4 Å². The Bertz CT molecular complexity index is 882. The van der Waals surface area contributed by atoms with Crippen LogP contribution in [-0.2, 0) is 0 Å². The van der Waals surface area contributed by atoms with Gasteiger partial charge in [-0.2, -0.15) is 0 Å². The van der Waals surface area contributed by atoms with Crippen molar-refractivity contribution in [2.75, 3.05) is 24.9 Å². The lowest BCUT2D eigenvalue weighted by Gasteiger charge is -2.09. The van der Waals surface area contributed by atoms with Crippen molar-refractivity contribution in [3.05, 3.63) is 72.8 Å². The number of nitrogens with zero attached hydrogens (tertiary/aromatic N) is 2. The zero-order valence-corrected chi connectivity index (χ0v) is 14.2. The van der Waals surface area contributed by atoms with Crippen LogP contribution in [0.3, 0.4) is 0 Å². The summed E-state index contributed by atoms with van der Waals surface area (Å²) in [7, 11) is 0. The number of ether oxygens (including phenoxy) is 2. The fourth-order valence-electron chi connectivity index (χ4n) is 2.38. The van der Waals surface area contributed by atoms with Gasteiger partial charge in [-0.1, -0.05) is 48.5 Å². The van der Waals surface area contributed by atoms with Crippen molar-refractivity contribution in [1.29, 1.82) is 0 Å². The maximum atomic E-state index is 6.06. The zero-order chi connectivity index (χ0) is 18.2. The molecule has 0 radical (unpaired) electrons. The van der Waals surface area contributed by atoms with Gasteiger partial charge < -0.3 is 20.9 Å². The molecule has 3 rings (SSSR count). The Kier molecular flexibility index (Phi) is 5.67. The minimum absolute atomic E-state index is 0.0581. The van der Waals surface area contributed by atoms with E-state index in [0.29, 0.717) is 22.9 Å². The fraction of sp³-hybridized carbons (Fsp3) is 0.100. The predicted molar refractivity (Wildman–Crippen MR) is 103 cm³/mol. The summed E-state index contributed by atoms with van der Waals surface area (Å²) in [6.45, 7) is 0.127. The van der Waals surface area contributed by atoms with E-state index in [4.69, 9.17) is 20.9 Å². The van der Waals surface area contributed by atoms with Crippen molar-refractivity contribution in [2.45, 2.75) is 0 Å². The number of nitrogen functional groups attached to an aromatic ring is 2. The van der Waals surface area contributed by atoms with Crippen LogP contribution in [0.2, 0.25) is 0 Å². The van der Waals surface area contributed by atoms with Gasteiger partial charge in [-0.05, 0) is 35.4 Å². The van der Waals surface area contributed by atoms with Crippen LogP contribution in [0, 0.1) is 0 Å². The molecule has 0 saturated carbocycles. The SMILES string of the molecule is Nc1ccccc1OCN=NCOc1ccc(-c2ccccc2)cc1N. The Labute approximate surface area is 152 Å². The minimum atomic E-state index is 0.0581. The van der Waals surface area contributed by atoms with Crippen LogP contribution >= 0.6 is 0 Å². The van der Waals surface area contributed by atoms with Gasteiger partial charge in [-0.15, -0.1) is 10.2 Å². The quantitative estimate of drug-likeness (QED) is 0.490. The largest absolute Gasteiger partial charge is 0.467 e. The Morgan fingerprint density at radius 1 is 0.615 bits per heavy atom. The molecule has 3 aromatic rings. The molecular weight excluding hydrogens is 328 g/mol. The Morgan fingerprint density at radius 2 is 1.23 bits per heavy atom. The van der Waals surface area contributed by atoms with Gasteiger partial charge >= 0.3 is 0 Å². The van der Waals surface area contributed by atoms with E-state index in [1.165, 1.54) is 0 Å². The van der Waals surface area contributed by atoms with Gasteiger partial charge in [0.1, 0.15) is 11.5 Å². The summed E-state index contributed by atoms with van der Waals surface area (Å²) >= 11 is 0. The summed E-state index contributed by atoms with van der Waals surface area (Å²) < 4.78 is 10.9. The summed E-state index contributed by atoms with van der Waals surface area (Å²) in [6, 6.07) is 22.9. The van der Waals surface area contributed by atoms with Gasteiger partial charge in [-0.3, -0.25) is 0 Å². The molecule has 0 aromatic heterocycles. The van der Waals surface area contributed by atoms with Gasteiger partial charge in [-0.25, -0.2) is 0 Å². The highest BCUT2D eigenvalue weighted by molar-refractivity contribution is 5.70. The Hall–Kier alpha value is -3.54. The van der Waals surface area contributed by atoms with Crippen molar-refractivity contribution in [3.63, 3.8) is 0 Å². The third-order valence-corrected chi connectivity index (χ3v) is 3.69. The highest BCUT2D eigenvalue weighted by Gasteiger charge is 2.03. The molecule has 0 aliphatic heterocycles. The number of rotatable bonds is 7. The van der Waals surface area contributed by atoms with Crippen LogP contribution in [0.5, 0.6) is 11.5 Å². The molecule has 0 saturated heterocycles. The summed E-state index contributed by atoms with van der Waals surface area (Å²) in [5.74, 6) is 1.14. The zero-order valence-electron chi connectivity index (χ0n) is 14.2. The summed E-state index contributed by atoms with van der Waals surface area (Å²) in [6.07, 6.45) is 0. The molecule has 0 aliphatic rings. The van der Waals surface area contributed by atoms with E-state index in [1.807, 2.05) is 60.7 Å². The number of benzene rings is 3. The average molecular weight is 348 g/mol. The van der Waals surface area contributed by atoms with Crippen molar-refractivity contribution in [2.24, 2.45) is 10.2 Å². The number of para-hydroxylation sites is 2. The Morgan fingerprint density at radius 3 is 1.88 bits per heavy atom. The van der Waals surface area contributed by atoms with Gasteiger partial charge in [0.05, 0.1) is 11.4 Å². The average Bonchev–Trinajstić information content (AvgIpc) is 2.67. The maximum Gasteiger partial charge on any atom is 0.198 e. The monoisotopic (exact) mass is 348 g/mol. The van der Waals surface area contributed by atoms with E-state index >= 15 is 0 Å². The molecule has 6 heteroatoms. The molecular formula is C20H20N4O2. The van der Waals surface area contributed by atoms with Gasteiger partial charge in [0.15, 0.2) is 13.5 Å². The van der Waals surface area contributed by atoms with Gasteiger partial charge in [0.25, 0.3) is 0 Å². The molecule has 132 valence electrons. The third-order valence-electron chi connectivity index (χ3n) is 3.69. The van der Waals surface area contributed by atoms with Gasteiger partial charge in [0.2, 0.25) is 0 Å². The fourth-order valence-corrected chi connectivity index (χ4v) is 2.38. The van der Waals surface area contributed by atoms with E-state index in [-0.39, 0.29) is 13.5 Å². The molecule has 0 spiro atoms. The molecule has 3 aromatic carbocycles. The minimum Gasteiger partial charge on any atom is -0.467 e. The third kappa shape index (κ3) is 4.51. The lowest BCUT2D eigenvalue weighted by atomic mass is 10.1. The highest BCUT2D eigenvalue weighted by Crippen LogP contribution is 2.28. The van der Waals surface area contributed by atoms with Crippen LogP contribution in [0.1, 0.15) is 0 Å². The topological polar surface area (TPSA) is 95.2 Å². The first-order valence-electron chi connectivity index (χ1n) is 8.12. The molecule has 0 aliphatic carbocycles. The first-order valence-corrected chi connectivity index (χ1v) is 8.12. The molecule has 0 unspecified atom stereocenters. The second-order valence-electron chi connectivity index (χ2n) is 5.49. The first-order chi connectivity index (χ1) is 12.7. The first kappa shape index (κ1) is 17.3. The second-order valence-corrected chi connectivity index (χ2v) is 5.49. The van der Waals surface area contributed by atoms with E-state index in [1.54, 1.807) is 12.1 Å². The molecule has 26 heavy (non-hydrogen) atoms. The number of azo groups is 1. The van der Waals surface area contributed by atoms with Crippen molar-refractivity contribution in [3.8, 4) is 22.6 Å². The highest BCUT2D eigenvalue weighted by atomic mass is 16.5. The standard InChI is InChI=1S/C20H20N4O2/c21-17-8-4-5-9-19(17)25-13-23-24-14-26-20-11-10-16(12-18(20)22)15-6-2-1-3-7-15/h1-12H,13-14,21-22H2. The number of anilines is 2. The Balaban J connectivity index is 1.50. The predicted octanol–water partition coefficient (Wildman–Crippen LogP) is 4.34. The van der Waals surface area contributed by atoms with Crippen molar-refractivity contribution < 1.29 is 9.47 Å². The van der Waals surface area contributed by atoms with Crippen LogP contribution in [-0.4, -0.2) is 13.5 Å². The number of hydrogen-bond donors (Lipinski definition) is 2. The smallest absolute Gasteiger partial charge is 0.198 e. The van der Waals surface area contributed by atoms with Crippen LogP contribution in [0.25, 0.3) is 11.1 Å². The molecule has 0 fully saturated rings. The normalized spacial score (nSPS) is 10.8. The molecule has 0 heterocycles. The molecule has 6 nitrogen and oxygen atoms in total. The maximum absolute atomic E-state index is 6.06. The van der Waals surface area contributed by atoms with E-state index < -0.39 is 0 Å². The van der Waals surface area contributed by atoms with Crippen molar-refractivity contribution in [1.82, 2.24) is 0 Å². The molecule has 0 atom stereocenters. The van der Waals surface area contributed by atoms with E-state index in [0.717, 1.165) is 11.1 Å². The van der Waals surface area contributed by atoms with Crippen LogP contribution in [0.15, 0.2) is 83.0 Å². The molecule has 0 bridgehead atoms. The van der Waals surface area contributed by atoms with E-state index in [9.17, 15) is 0 Å². The number of hydrogen-bond acceptors (Lipinski definition) is 6. The van der Waals surface area contributed by atoms with Crippen LogP contribution < -0.4 is 20.9 Å². The molecule has 4 N–H and O–H groups in total. The summed E-state index contributed by atoms with van der Waals surface area (Å²) in [4.78, 5) is 0. The summed E-state index contributed by atoms with van der Waals surface area (Å²) in [5.41, 5.74) is 15.1. The van der Waals surface area contributed by atoms with Crippen LogP contribution in [0.4, 0.5) is 11.4 Å². The van der Waals surface area contributed by atoms with Gasteiger partial charge in [0, 0.05) is 0 Å². The summed E-state index contributed by atoms with van der Waals surface area (Å²) in [5, 5.41) is 7.81. The second kappa shape index (κ2) is 8.53.